The van der Waals surface area contributed by atoms with Gasteiger partial charge in [-0.05, 0) is 63.1 Å². The molecule has 0 aliphatic carbocycles. The van der Waals surface area contributed by atoms with Gasteiger partial charge in [-0.1, -0.05) is 41.4 Å². The van der Waals surface area contributed by atoms with Crippen LogP contribution < -0.4 is 5.32 Å². The van der Waals surface area contributed by atoms with E-state index in [-0.39, 0.29) is 28.7 Å². The molecule has 0 saturated heterocycles. The highest BCUT2D eigenvalue weighted by Gasteiger charge is 2.29. The van der Waals surface area contributed by atoms with Gasteiger partial charge in [-0.3, -0.25) is 4.79 Å². The fourth-order valence-corrected chi connectivity index (χ4v) is 5.73. The SMILES string of the molecule is CCOC(=O)c1sc(NC(=O)c2c(C)c(-c3ccc(Cl)cc3Cl)nc3ccccc23)c(C(=O)OCC)c1C. The van der Waals surface area contributed by atoms with Crippen LogP contribution in [0.25, 0.3) is 22.2 Å². The van der Waals surface area contributed by atoms with Gasteiger partial charge in [0.15, 0.2) is 0 Å². The fraction of sp³-hybridized carbons (Fsp3) is 0.214. The Morgan fingerprint density at radius 1 is 0.921 bits per heavy atom. The Morgan fingerprint density at radius 3 is 2.29 bits per heavy atom. The van der Waals surface area contributed by atoms with Crippen LogP contribution in [0.3, 0.4) is 0 Å². The van der Waals surface area contributed by atoms with E-state index in [9.17, 15) is 14.4 Å². The number of nitrogens with one attached hydrogen (secondary N) is 1. The van der Waals surface area contributed by atoms with Crippen molar-refractivity contribution in [3.8, 4) is 11.3 Å². The molecule has 0 radical (unpaired) electrons. The molecule has 1 amide bonds. The number of ether oxygens (including phenoxy) is 2. The molecule has 0 unspecified atom stereocenters. The van der Waals surface area contributed by atoms with Crippen LogP contribution in [0.1, 0.15) is 55.4 Å². The lowest BCUT2D eigenvalue weighted by Gasteiger charge is -2.16. The third-order valence-corrected chi connectivity index (χ3v) is 7.60. The number of esters is 2. The van der Waals surface area contributed by atoms with E-state index >= 15 is 0 Å². The van der Waals surface area contributed by atoms with E-state index in [1.165, 1.54) is 0 Å². The lowest BCUT2D eigenvalue weighted by Crippen LogP contribution is -2.17. The zero-order chi connectivity index (χ0) is 27.6. The highest BCUT2D eigenvalue weighted by molar-refractivity contribution is 7.18. The number of hydrogen-bond acceptors (Lipinski definition) is 7. The van der Waals surface area contributed by atoms with Gasteiger partial charge in [0.1, 0.15) is 9.88 Å². The minimum Gasteiger partial charge on any atom is -0.462 e. The van der Waals surface area contributed by atoms with Crippen molar-refractivity contribution in [3.63, 3.8) is 0 Å². The number of nitrogens with zero attached hydrogens (tertiary/aromatic N) is 1. The number of benzene rings is 2. The molecule has 0 aliphatic heterocycles. The molecule has 196 valence electrons. The summed E-state index contributed by atoms with van der Waals surface area (Å²) in [4.78, 5) is 44.2. The summed E-state index contributed by atoms with van der Waals surface area (Å²) in [6, 6.07) is 12.3. The van der Waals surface area contributed by atoms with E-state index < -0.39 is 17.8 Å². The summed E-state index contributed by atoms with van der Waals surface area (Å²) in [6.45, 7) is 7.08. The normalized spacial score (nSPS) is 10.9. The minimum absolute atomic E-state index is 0.116. The molecule has 2 aromatic carbocycles. The molecular formula is C28H24Cl2N2O5S. The predicted octanol–water partition coefficient (Wildman–Crippen LogP) is 7.49. The van der Waals surface area contributed by atoms with Gasteiger partial charge in [0.05, 0.1) is 40.6 Å². The first-order valence-electron chi connectivity index (χ1n) is 11.8. The summed E-state index contributed by atoms with van der Waals surface area (Å²) in [5.41, 5.74) is 3.17. The molecule has 0 bridgehead atoms. The van der Waals surface area contributed by atoms with Gasteiger partial charge in [0.2, 0.25) is 0 Å². The number of carbonyl (C=O) groups excluding carboxylic acids is 3. The van der Waals surface area contributed by atoms with Gasteiger partial charge in [0, 0.05) is 16.0 Å². The second-order valence-corrected chi connectivity index (χ2v) is 10.1. The average molecular weight is 571 g/mol. The highest BCUT2D eigenvalue weighted by Crippen LogP contribution is 2.37. The van der Waals surface area contributed by atoms with E-state index in [2.05, 4.69) is 5.32 Å². The fourth-order valence-electron chi connectivity index (χ4n) is 4.15. The molecule has 2 aromatic heterocycles. The third-order valence-electron chi connectivity index (χ3n) is 5.86. The maximum Gasteiger partial charge on any atom is 0.348 e. The number of hydrogen-bond donors (Lipinski definition) is 1. The van der Waals surface area contributed by atoms with Crippen LogP contribution in [-0.2, 0) is 9.47 Å². The number of carbonyl (C=O) groups is 3. The van der Waals surface area contributed by atoms with Crippen molar-refractivity contribution in [2.75, 3.05) is 18.5 Å². The van der Waals surface area contributed by atoms with Crippen molar-refractivity contribution < 1.29 is 23.9 Å². The van der Waals surface area contributed by atoms with Gasteiger partial charge >= 0.3 is 11.9 Å². The van der Waals surface area contributed by atoms with Gasteiger partial charge in [0.25, 0.3) is 5.91 Å². The Hall–Kier alpha value is -3.46. The van der Waals surface area contributed by atoms with Crippen LogP contribution in [0.15, 0.2) is 42.5 Å². The van der Waals surface area contributed by atoms with Gasteiger partial charge in [-0.25, -0.2) is 14.6 Å². The van der Waals surface area contributed by atoms with Gasteiger partial charge in [-0.2, -0.15) is 0 Å². The molecule has 4 aromatic rings. The summed E-state index contributed by atoms with van der Waals surface area (Å²) < 4.78 is 10.4. The molecule has 1 N–H and O–H groups in total. The van der Waals surface area contributed by atoms with Crippen molar-refractivity contribution in [3.05, 3.63) is 79.6 Å². The highest BCUT2D eigenvalue weighted by atomic mass is 35.5. The maximum absolute atomic E-state index is 13.9. The number of fused-ring (bicyclic) bond motifs is 1. The van der Waals surface area contributed by atoms with Crippen molar-refractivity contribution in [2.45, 2.75) is 27.7 Å². The lowest BCUT2D eigenvalue weighted by molar-refractivity contribution is 0.0527. The molecule has 2 heterocycles. The first kappa shape index (κ1) is 27.6. The van der Waals surface area contributed by atoms with Crippen molar-refractivity contribution in [1.82, 2.24) is 4.98 Å². The Balaban J connectivity index is 1.87. The van der Waals surface area contributed by atoms with Crippen LogP contribution in [0.4, 0.5) is 5.00 Å². The van der Waals surface area contributed by atoms with Crippen LogP contribution in [0.2, 0.25) is 10.0 Å². The topological polar surface area (TPSA) is 94.6 Å². The first-order valence-corrected chi connectivity index (χ1v) is 13.4. The van der Waals surface area contributed by atoms with Crippen molar-refractivity contribution >= 4 is 68.3 Å². The maximum atomic E-state index is 13.9. The largest absolute Gasteiger partial charge is 0.462 e. The molecule has 0 saturated carbocycles. The molecule has 4 rings (SSSR count). The predicted molar refractivity (Wildman–Crippen MR) is 151 cm³/mol. The first-order chi connectivity index (χ1) is 18.2. The molecule has 7 nitrogen and oxygen atoms in total. The van der Waals surface area contributed by atoms with Crippen molar-refractivity contribution in [2.24, 2.45) is 0 Å². The van der Waals surface area contributed by atoms with Crippen molar-refractivity contribution in [1.29, 1.82) is 0 Å². The zero-order valence-electron chi connectivity index (χ0n) is 21.1. The lowest BCUT2D eigenvalue weighted by atomic mass is 9.97. The Labute approximate surface area is 233 Å². The molecule has 0 aliphatic rings. The zero-order valence-corrected chi connectivity index (χ0v) is 23.4. The van der Waals surface area contributed by atoms with Crippen LogP contribution in [-0.4, -0.2) is 36.0 Å². The van der Waals surface area contributed by atoms with Crippen LogP contribution >= 0.6 is 34.5 Å². The molecule has 38 heavy (non-hydrogen) atoms. The van der Waals surface area contributed by atoms with E-state index in [0.29, 0.717) is 48.9 Å². The molecule has 0 atom stereocenters. The van der Waals surface area contributed by atoms with E-state index in [0.717, 1.165) is 11.3 Å². The Morgan fingerprint density at radius 2 is 1.61 bits per heavy atom. The molecule has 0 spiro atoms. The standard InChI is InChI=1S/C28H24Cl2N2O5S/c1-5-36-27(34)22-15(4)24(28(35)37-6-2)38-26(22)32-25(33)21-14(3)23(17-12-11-16(29)13-19(17)30)31-20-10-8-7-9-18(20)21/h7-13H,5-6H2,1-4H3,(H,32,33). The second kappa shape index (κ2) is 11.5. The number of aromatic nitrogens is 1. The van der Waals surface area contributed by atoms with E-state index in [4.69, 9.17) is 37.7 Å². The molecule has 0 fully saturated rings. The average Bonchev–Trinajstić information content (AvgIpc) is 3.19. The number of para-hydroxylation sites is 1. The smallest absolute Gasteiger partial charge is 0.348 e. The van der Waals surface area contributed by atoms with E-state index in [1.807, 2.05) is 12.1 Å². The monoisotopic (exact) mass is 570 g/mol. The summed E-state index contributed by atoms with van der Waals surface area (Å²) >= 11 is 13.6. The summed E-state index contributed by atoms with van der Waals surface area (Å²) in [5.74, 6) is -1.70. The Kier molecular flexibility index (Phi) is 8.35. The number of halogens is 2. The second-order valence-electron chi connectivity index (χ2n) is 8.26. The third kappa shape index (κ3) is 5.25. The minimum atomic E-state index is -0.642. The Bertz CT molecular complexity index is 1580. The van der Waals surface area contributed by atoms with E-state index in [1.54, 1.807) is 58.0 Å². The number of thiophene rings is 1. The van der Waals surface area contributed by atoms with Gasteiger partial charge < -0.3 is 14.8 Å². The van der Waals surface area contributed by atoms with Crippen LogP contribution in [0.5, 0.6) is 0 Å². The number of rotatable bonds is 7. The molecular weight excluding hydrogens is 547 g/mol. The summed E-state index contributed by atoms with van der Waals surface area (Å²) in [7, 11) is 0. The molecule has 10 heteroatoms. The number of anilines is 1. The quantitative estimate of drug-likeness (QED) is 0.231. The van der Waals surface area contributed by atoms with Gasteiger partial charge in [-0.15, -0.1) is 11.3 Å². The summed E-state index contributed by atoms with van der Waals surface area (Å²) in [5, 5.41) is 4.54. The summed E-state index contributed by atoms with van der Waals surface area (Å²) in [6.07, 6.45) is 0. The number of pyridine rings is 1. The number of amides is 1. The van der Waals surface area contributed by atoms with Crippen LogP contribution in [0, 0.1) is 13.8 Å².